The van der Waals surface area contributed by atoms with Gasteiger partial charge in [-0.25, -0.2) is 0 Å². The Labute approximate surface area is 165 Å². The van der Waals surface area contributed by atoms with Crippen molar-refractivity contribution < 1.29 is 0 Å². The molecule has 4 aromatic rings. The summed E-state index contributed by atoms with van der Waals surface area (Å²) in [7, 11) is 0. The Morgan fingerprint density at radius 1 is 0.750 bits per heavy atom. The van der Waals surface area contributed by atoms with E-state index in [1.807, 2.05) is 48.5 Å². The number of hydrogen-bond acceptors (Lipinski definition) is 6. The van der Waals surface area contributed by atoms with E-state index >= 15 is 0 Å². The molecule has 0 amide bonds. The summed E-state index contributed by atoms with van der Waals surface area (Å²) >= 11 is 5.89. The average molecular weight is 394 g/mol. The largest absolute Gasteiger partial charge is 0.339 e. The third-order valence-electron chi connectivity index (χ3n) is 3.84. The third-order valence-corrected chi connectivity index (χ3v) is 4.09. The minimum atomic E-state index is -0.206. The zero-order valence-electron chi connectivity index (χ0n) is 14.5. The van der Waals surface area contributed by atoms with Gasteiger partial charge in [0, 0.05) is 16.8 Å². The molecule has 0 aliphatic carbocycles. The van der Waals surface area contributed by atoms with Gasteiger partial charge in [0.2, 0.25) is 0 Å². The van der Waals surface area contributed by atoms with Crippen LogP contribution in [0.3, 0.4) is 0 Å². The van der Waals surface area contributed by atoms with E-state index in [0.717, 1.165) is 17.1 Å². The molecule has 0 spiro atoms. The molecule has 4 rings (SSSR count). The minimum absolute atomic E-state index is 0.206. The van der Waals surface area contributed by atoms with E-state index in [0.29, 0.717) is 22.5 Å². The summed E-state index contributed by atoms with van der Waals surface area (Å²) in [6.45, 7) is 0. The molecule has 0 fully saturated rings. The van der Waals surface area contributed by atoms with Gasteiger partial charge in [-0.1, -0.05) is 23.7 Å². The van der Waals surface area contributed by atoms with Gasteiger partial charge in [0.1, 0.15) is 5.82 Å². The van der Waals surface area contributed by atoms with Crippen molar-refractivity contribution >= 4 is 46.1 Å². The molecule has 0 saturated carbocycles. The summed E-state index contributed by atoms with van der Waals surface area (Å²) in [5.41, 5.74) is 2.23. The van der Waals surface area contributed by atoms with Crippen molar-refractivity contribution in [2.45, 2.75) is 0 Å². The second-order valence-corrected chi connectivity index (χ2v) is 6.34. The van der Waals surface area contributed by atoms with E-state index in [-0.39, 0.29) is 5.56 Å². The van der Waals surface area contributed by atoms with E-state index in [1.165, 1.54) is 6.07 Å². The van der Waals surface area contributed by atoms with Crippen molar-refractivity contribution in [3.63, 3.8) is 0 Å². The van der Waals surface area contributed by atoms with Crippen LogP contribution < -0.4 is 21.5 Å². The Balaban J connectivity index is 1.47. The average Bonchev–Trinajstić information content (AvgIpc) is 3.11. The van der Waals surface area contributed by atoms with E-state index < -0.39 is 0 Å². The molecular weight excluding hydrogens is 378 g/mol. The number of H-pyrrole nitrogens is 2. The summed E-state index contributed by atoms with van der Waals surface area (Å²) in [6.07, 6.45) is 0. The third kappa shape index (κ3) is 4.30. The van der Waals surface area contributed by atoms with Crippen molar-refractivity contribution in [3.8, 4) is 0 Å². The smallest absolute Gasteiger partial charge is 0.266 e. The highest BCUT2D eigenvalue weighted by molar-refractivity contribution is 6.30. The van der Waals surface area contributed by atoms with Gasteiger partial charge in [-0.2, -0.15) is 0 Å². The zero-order valence-corrected chi connectivity index (χ0v) is 15.3. The molecule has 0 radical (unpaired) electrons. The number of nitrogens with zero attached hydrogens (tertiary/aromatic N) is 2. The SMILES string of the molecule is O=c1cc(Nc2ccccc2Nc2ccc(Nc3ccc(Cl)cc3)nn2)[nH][nH]1. The number of aromatic nitrogens is 4. The van der Waals surface area contributed by atoms with Gasteiger partial charge in [0.15, 0.2) is 11.6 Å². The lowest BCUT2D eigenvalue weighted by molar-refractivity contribution is 1.04. The van der Waals surface area contributed by atoms with E-state index in [4.69, 9.17) is 11.6 Å². The topological polar surface area (TPSA) is 111 Å². The summed E-state index contributed by atoms with van der Waals surface area (Å²) in [6, 6.07) is 20.0. The number of hydrogen-bond donors (Lipinski definition) is 5. The van der Waals surface area contributed by atoms with Crippen LogP contribution in [-0.2, 0) is 0 Å². The molecule has 0 saturated heterocycles. The fourth-order valence-corrected chi connectivity index (χ4v) is 2.66. The first-order valence-corrected chi connectivity index (χ1v) is 8.81. The number of para-hydroxylation sites is 2. The molecule has 140 valence electrons. The quantitative estimate of drug-likeness (QED) is 0.332. The lowest BCUT2D eigenvalue weighted by atomic mass is 10.2. The molecule has 28 heavy (non-hydrogen) atoms. The second kappa shape index (κ2) is 7.85. The maximum atomic E-state index is 11.3. The highest BCUT2D eigenvalue weighted by Crippen LogP contribution is 2.26. The molecule has 0 aliphatic rings. The molecule has 9 heteroatoms. The van der Waals surface area contributed by atoms with Gasteiger partial charge in [-0.3, -0.25) is 15.0 Å². The highest BCUT2D eigenvalue weighted by atomic mass is 35.5. The molecule has 0 aliphatic heterocycles. The lowest BCUT2D eigenvalue weighted by Gasteiger charge is -2.12. The van der Waals surface area contributed by atoms with Crippen LogP contribution in [0.5, 0.6) is 0 Å². The van der Waals surface area contributed by atoms with Crippen LogP contribution in [0.25, 0.3) is 0 Å². The highest BCUT2D eigenvalue weighted by Gasteiger charge is 2.06. The number of anilines is 6. The summed E-state index contributed by atoms with van der Waals surface area (Å²) in [5.74, 6) is 1.76. The van der Waals surface area contributed by atoms with Crippen LogP contribution in [-0.4, -0.2) is 20.4 Å². The Hall–Kier alpha value is -3.78. The van der Waals surface area contributed by atoms with Gasteiger partial charge >= 0.3 is 0 Å². The first-order chi connectivity index (χ1) is 13.7. The molecule has 8 nitrogen and oxygen atoms in total. The Morgan fingerprint density at radius 3 is 2.00 bits per heavy atom. The number of benzene rings is 2. The molecule has 5 N–H and O–H groups in total. The van der Waals surface area contributed by atoms with Crippen LogP contribution in [0.2, 0.25) is 5.02 Å². The van der Waals surface area contributed by atoms with Crippen LogP contribution in [0.15, 0.2) is 71.5 Å². The van der Waals surface area contributed by atoms with Crippen LogP contribution in [0.1, 0.15) is 0 Å². The van der Waals surface area contributed by atoms with Crippen LogP contribution >= 0.6 is 11.6 Å². The van der Waals surface area contributed by atoms with Crippen molar-refractivity contribution in [1.29, 1.82) is 0 Å². The minimum Gasteiger partial charge on any atom is -0.339 e. The number of aromatic amines is 2. The Morgan fingerprint density at radius 2 is 1.39 bits per heavy atom. The van der Waals surface area contributed by atoms with E-state index in [9.17, 15) is 4.79 Å². The monoisotopic (exact) mass is 393 g/mol. The molecule has 0 atom stereocenters. The van der Waals surface area contributed by atoms with Crippen molar-refractivity contribution in [1.82, 2.24) is 20.4 Å². The maximum Gasteiger partial charge on any atom is 0.266 e. The van der Waals surface area contributed by atoms with Gasteiger partial charge in [-0.15, -0.1) is 10.2 Å². The Bertz CT molecular complexity index is 1120. The number of halogens is 1. The predicted molar refractivity (Wildman–Crippen MR) is 111 cm³/mol. The fraction of sp³-hybridized carbons (Fsp3) is 0. The van der Waals surface area contributed by atoms with E-state index in [2.05, 4.69) is 36.3 Å². The fourth-order valence-electron chi connectivity index (χ4n) is 2.53. The van der Waals surface area contributed by atoms with Crippen LogP contribution in [0, 0.1) is 0 Å². The first-order valence-electron chi connectivity index (χ1n) is 8.43. The van der Waals surface area contributed by atoms with Gasteiger partial charge in [-0.05, 0) is 48.5 Å². The molecule has 2 aromatic heterocycles. The van der Waals surface area contributed by atoms with Gasteiger partial charge in [0.25, 0.3) is 5.56 Å². The summed E-state index contributed by atoms with van der Waals surface area (Å²) in [4.78, 5) is 11.3. The standard InChI is InChI=1S/C19H16ClN7O/c20-12-5-7-13(8-6-12)21-16-9-10-17(25-24-16)22-14-3-1-2-4-15(14)23-18-11-19(28)27-26-18/h1-11H,(H,21,24)(H,22,25)(H3,23,26,27,28). The van der Waals surface area contributed by atoms with Crippen molar-refractivity contribution in [3.05, 3.63) is 82.1 Å². The van der Waals surface area contributed by atoms with Crippen molar-refractivity contribution in [2.24, 2.45) is 0 Å². The number of nitrogens with one attached hydrogen (secondary N) is 5. The maximum absolute atomic E-state index is 11.3. The normalized spacial score (nSPS) is 10.5. The first kappa shape index (κ1) is 17.6. The zero-order chi connectivity index (χ0) is 19.3. The summed E-state index contributed by atoms with van der Waals surface area (Å²) < 4.78 is 0. The van der Waals surface area contributed by atoms with Crippen molar-refractivity contribution in [2.75, 3.05) is 16.0 Å². The molecule has 0 unspecified atom stereocenters. The number of rotatable bonds is 6. The van der Waals surface area contributed by atoms with Gasteiger partial charge in [0.05, 0.1) is 11.4 Å². The lowest BCUT2D eigenvalue weighted by Crippen LogP contribution is -2.01. The van der Waals surface area contributed by atoms with E-state index in [1.54, 1.807) is 12.1 Å². The van der Waals surface area contributed by atoms with Gasteiger partial charge < -0.3 is 16.0 Å². The second-order valence-electron chi connectivity index (χ2n) is 5.90. The Kier molecular flexibility index (Phi) is 4.94. The van der Waals surface area contributed by atoms with Crippen LogP contribution in [0.4, 0.5) is 34.5 Å². The molecule has 2 heterocycles. The summed E-state index contributed by atoms with van der Waals surface area (Å²) in [5, 5.41) is 23.8. The molecule has 2 aromatic carbocycles. The predicted octanol–water partition coefficient (Wildman–Crippen LogP) is 4.38. The molecule has 0 bridgehead atoms. The molecular formula is C19H16ClN7O.